The number of thiazole rings is 1. The van der Waals surface area contributed by atoms with Gasteiger partial charge in [0.2, 0.25) is 0 Å². The van der Waals surface area contributed by atoms with Crippen molar-refractivity contribution in [3.05, 3.63) is 228 Å². The second-order valence-electron chi connectivity index (χ2n) is 28.4. The molecule has 8 aromatic carbocycles. The number of anilines is 9. The van der Waals surface area contributed by atoms with Gasteiger partial charge in [0.15, 0.2) is 22.4 Å². The van der Waals surface area contributed by atoms with Gasteiger partial charge in [-0.2, -0.15) is 0 Å². The fourth-order valence-electron chi connectivity index (χ4n) is 11.2. The zero-order valence-corrected chi connectivity index (χ0v) is 61.3. The number of nitrogens with one attached hydrogen (secondary N) is 9. The number of nitrogens with zero attached hydrogens (tertiary/aromatic N) is 7. The molecule has 13 N–H and O–H groups in total. The van der Waals surface area contributed by atoms with Crippen LogP contribution in [0.1, 0.15) is 111 Å². The summed E-state index contributed by atoms with van der Waals surface area (Å²) in [5.74, 6) is 1.42. The molecule has 110 heavy (non-hydrogen) atoms. The SMILES string of the molecule is CC(C)(C)c1cc(NC(=O)Nc2ccc(NC(=O)c3cccc4nc5cc(O)cc(O)c5cc34)cc2)no1.CC(C)(C)c1cc(NC(=O)Nc2ccc(NC(=O)c3cccc4nc5cc(O)cc(O)c5cc34)cc2)no1.CC(C)(C)c1cc(NC(=O)Nc2ccc(NC(=O)c3cn4c(n3)sc3ccccc34)cc2)no1. The number of phenols is 4. The van der Waals surface area contributed by atoms with Crippen LogP contribution in [0.25, 0.3) is 58.8 Å². The van der Waals surface area contributed by atoms with E-state index in [0.29, 0.717) is 129 Å². The molecular weight excluding hydrogens is 1430 g/mol. The highest BCUT2D eigenvalue weighted by Gasteiger charge is 2.25. The fourth-order valence-corrected chi connectivity index (χ4v) is 12.2. The molecular formula is C80H72N16O13S. The summed E-state index contributed by atoms with van der Waals surface area (Å²) < 4.78 is 18.8. The van der Waals surface area contributed by atoms with Crippen LogP contribution < -0.4 is 47.9 Å². The van der Waals surface area contributed by atoms with E-state index in [1.165, 1.54) is 35.6 Å². The largest absolute Gasteiger partial charge is 0.508 e. The number of urea groups is 3. The number of para-hydroxylation sites is 1. The highest BCUT2D eigenvalue weighted by atomic mass is 32.1. The average Bonchev–Trinajstić information content (AvgIpc) is 1.12. The Kier molecular flexibility index (Phi) is 20.3. The van der Waals surface area contributed by atoms with Crippen molar-refractivity contribution >= 4 is 158 Å². The number of hydrogen-bond donors (Lipinski definition) is 13. The van der Waals surface area contributed by atoms with Gasteiger partial charge in [0.1, 0.15) is 46.0 Å². The highest BCUT2D eigenvalue weighted by molar-refractivity contribution is 7.23. The van der Waals surface area contributed by atoms with E-state index in [1.807, 2.05) is 91.0 Å². The lowest BCUT2D eigenvalue weighted by molar-refractivity contribution is 0.101. The number of hydrogen-bond acceptors (Lipinski definition) is 20. The summed E-state index contributed by atoms with van der Waals surface area (Å²) in [4.78, 5) is 90.0. The Hall–Kier alpha value is -14.4. The number of benzene rings is 8. The molecule has 0 saturated carbocycles. The van der Waals surface area contributed by atoms with Crippen molar-refractivity contribution in [1.29, 1.82) is 0 Å². The molecule has 0 bridgehead atoms. The normalized spacial score (nSPS) is 11.5. The molecule has 0 aliphatic carbocycles. The van der Waals surface area contributed by atoms with Crippen molar-refractivity contribution in [1.82, 2.24) is 34.8 Å². The van der Waals surface area contributed by atoms with E-state index in [-0.39, 0.29) is 57.0 Å². The van der Waals surface area contributed by atoms with Crippen molar-refractivity contribution in [3.8, 4) is 23.0 Å². The van der Waals surface area contributed by atoms with Crippen LogP contribution in [-0.2, 0) is 16.2 Å². The monoisotopic (exact) mass is 1500 g/mol. The molecule has 556 valence electrons. The molecule has 30 heteroatoms. The summed E-state index contributed by atoms with van der Waals surface area (Å²) in [6, 6.07) is 50.6. The Bertz CT molecular complexity index is 5800. The minimum absolute atomic E-state index is 0.0982. The van der Waals surface area contributed by atoms with Crippen LogP contribution in [-0.4, -0.2) is 91.1 Å². The first kappa shape index (κ1) is 73.9. The lowest BCUT2D eigenvalue weighted by Gasteiger charge is -2.12. The molecule has 0 unspecified atom stereocenters. The minimum atomic E-state index is -0.484. The molecule has 0 aliphatic heterocycles. The van der Waals surface area contributed by atoms with Gasteiger partial charge in [0.25, 0.3) is 17.7 Å². The Labute approximate surface area is 629 Å². The Morgan fingerprint density at radius 1 is 0.364 bits per heavy atom. The first-order valence-electron chi connectivity index (χ1n) is 34.2. The maximum atomic E-state index is 13.1. The van der Waals surface area contributed by atoms with Crippen LogP contribution in [0.15, 0.2) is 208 Å². The van der Waals surface area contributed by atoms with Gasteiger partial charge in [-0.3, -0.25) is 34.7 Å². The number of rotatable bonds is 12. The first-order chi connectivity index (χ1) is 52.4. The smallest absolute Gasteiger partial charge is 0.324 e. The Balaban J connectivity index is 0.000000145. The number of phenolic OH excluding ortho intramolecular Hbond substituents is 4. The van der Waals surface area contributed by atoms with Crippen LogP contribution in [0.4, 0.5) is 66.0 Å². The molecule has 15 rings (SSSR count). The zero-order chi connectivity index (χ0) is 77.9. The van der Waals surface area contributed by atoms with Gasteiger partial charge in [-0.05, 0) is 121 Å². The average molecular weight is 1500 g/mol. The number of imidazole rings is 1. The van der Waals surface area contributed by atoms with E-state index < -0.39 is 18.1 Å². The Morgan fingerprint density at radius 2 is 0.718 bits per heavy atom. The summed E-state index contributed by atoms with van der Waals surface area (Å²) in [6.07, 6.45) is 1.73. The highest BCUT2D eigenvalue weighted by Crippen LogP contribution is 2.36. The van der Waals surface area contributed by atoms with Gasteiger partial charge in [0, 0.05) is 132 Å². The van der Waals surface area contributed by atoms with E-state index in [2.05, 4.69) is 78.3 Å². The molecule has 0 atom stereocenters. The van der Waals surface area contributed by atoms with Gasteiger partial charge in [-0.25, -0.2) is 29.3 Å². The maximum Gasteiger partial charge on any atom is 0.324 e. The van der Waals surface area contributed by atoms with E-state index in [9.17, 15) is 49.2 Å². The number of carbonyl (C=O) groups is 6. The first-order valence-corrected chi connectivity index (χ1v) is 35.0. The summed E-state index contributed by atoms with van der Waals surface area (Å²) in [5.41, 5.74) is 6.55. The van der Waals surface area contributed by atoms with Gasteiger partial charge < -0.3 is 65.9 Å². The number of amides is 9. The molecule has 7 aromatic heterocycles. The van der Waals surface area contributed by atoms with Crippen LogP contribution >= 0.6 is 11.3 Å². The predicted octanol–water partition coefficient (Wildman–Crippen LogP) is 17.7. The summed E-state index contributed by atoms with van der Waals surface area (Å²) in [5, 5.41) is 78.1. The zero-order valence-electron chi connectivity index (χ0n) is 60.5. The maximum absolute atomic E-state index is 13.1. The van der Waals surface area contributed by atoms with E-state index in [0.717, 1.165) is 15.2 Å². The van der Waals surface area contributed by atoms with E-state index in [4.69, 9.17) is 13.6 Å². The van der Waals surface area contributed by atoms with E-state index >= 15 is 0 Å². The van der Waals surface area contributed by atoms with Crippen molar-refractivity contribution in [2.45, 2.75) is 78.6 Å². The standard InChI is InChI=1S/2C28H25N5O5.C24H22N6O3S/c2*1-28(2,3)24-14-25(33-38-24)32-27(37)30-16-9-7-15(8-10-16)29-26(36)18-5-4-6-21-19(18)13-20-22(31-21)11-17(34)12-23(20)35;1-24(2,3)19-12-20(29-33-19)28-22(32)26-15-10-8-14(9-11-15)25-21(31)16-13-30-17-6-4-5-7-18(17)34-23(30)27-16/h2*4-14,34-35H,1-3H3,(H,29,36)(H2,30,32,33,37);4-13H,1-3H3,(H,25,31)(H2,26,28,29,32). The molecule has 7 heterocycles. The minimum Gasteiger partial charge on any atom is -0.508 e. The van der Waals surface area contributed by atoms with Crippen LogP contribution in [0, 0.1) is 0 Å². The van der Waals surface area contributed by atoms with Gasteiger partial charge in [-0.15, -0.1) is 0 Å². The summed E-state index contributed by atoms with van der Waals surface area (Å²) in [7, 11) is 0. The number of pyridine rings is 2. The fraction of sp³-hybridized carbons (Fsp3) is 0.150. The molecule has 9 amide bonds. The molecule has 15 aromatic rings. The molecule has 0 spiro atoms. The molecule has 0 saturated heterocycles. The molecule has 0 aliphatic rings. The van der Waals surface area contributed by atoms with Crippen molar-refractivity contribution in [3.63, 3.8) is 0 Å². The summed E-state index contributed by atoms with van der Waals surface area (Å²) >= 11 is 1.53. The quantitative estimate of drug-likeness (QED) is 0.0505. The third kappa shape index (κ3) is 17.3. The van der Waals surface area contributed by atoms with Gasteiger partial charge >= 0.3 is 18.1 Å². The van der Waals surface area contributed by atoms with Crippen molar-refractivity contribution in [2.75, 3.05) is 47.9 Å². The number of aromatic hydroxyl groups is 4. The molecule has 29 nitrogen and oxygen atoms in total. The molecule has 0 radical (unpaired) electrons. The van der Waals surface area contributed by atoms with Crippen LogP contribution in [0.5, 0.6) is 23.0 Å². The van der Waals surface area contributed by atoms with Crippen LogP contribution in [0.2, 0.25) is 0 Å². The molecule has 0 fully saturated rings. The summed E-state index contributed by atoms with van der Waals surface area (Å²) in [6.45, 7) is 17.9. The lowest BCUT2D eigenvalue weighted by Crippen LogP contribution is -2.19. The second-order valence-corrected chi connectivity index (χ2v) is 29.5. The van der Waals surface area contributed by atoms with Crippen molar-refractivity contribution in [2.24, 2.45) is 0 Å². The van der Waals surface area contributed by atoms with Crippen LogP contribution in [0.3, 0.4) is 0 Å². The van der Waals surface area contributed by atoms with Gasteiger partial charge in [-0.1, -0.05) is 113 Å². The van der Waals surface area contributed by atoms with Gasteiger partial charge in [0.05, 0.1) is 32.3 Å². The lowest BCUT2D eigenvalue weighted by atomic mass is 9.93. The Morgan fingerprint density at radius 3 is 1.08 bits per heavy atom. The number of fused-ring (bicyclic) bond motifs is 7. The third-order valence-electron chi connectivity index (χ3n) is 16.9. The topological polar surface area (TPSA) is 413 Å². The third-order valence-corrected chi connectivity index (χ3v) is 17.9. The number of carbonyl (C=O) groups excluding carboxylic acids is 6. The second kappa shape index (κ2) is 30.2. The van der Waals surface area contributed by atoms with E-state index in [1.54, 1.807) is 146 Å². The predicted molar refractivity (Wildman–Crippen MR) is 422 cm³/mol. The van der Waals surface area contributed by atoms with Crippen molar-refractivity contribution < 1.29 is 62.8 Å². The number of aromatic nitrogens is 7.